The van der Waals surface area contributed by atoms with Gasteiger partial charge in [-0.25, -0.2) is 0 Å². The number of aromatic nitrogens is 1. The van der Waals surface area contributed by atoms with E-state index in [2.05, 4.69) is 23.3 Å². The monoisotopic (exact) mass is 284 g/mol. The van der Waals surface area contributed by atoms with E-state index in [1.165, 1.54) is 0 Å². The van der Waals surface area contributed by atoms with Gasteiger partial charge in [0.15, 0.2) is 0 Å². The number of allylic oxidation sites excluding steroid dienone is 3. The molecule has 0 saturated heterocycles. The maximum absolute atomic E-state index is 11.8. The summed E-state index contributed by atoms with van der Waals surface area (Å²) in [4.78, 5) is 20.3. The summed E-state index contributed by atoms with van der Waals surface area (Å²) in [7, 11) is 0. The fourth-order valence-electron chi connectivity index (χ4n) is 3.61. The number of carboxylic acid groups (broad SMARTS) is 1. The van der Waals surface area contributed by atoms with Gasteiger partial charge in [0.25, 0.3) is 0 Å². The first-order valence-electron chi connectivity index (χ1n) is 6.56. The zero-order valence-electron chi connectivity index (χ0n) is 11.3. The van der Waals surface area contributed by atoms with Crippen LogP contribution in [0.25, 0.3) is 0 Å². The molecule has 1 aromatic rings. The molecule has 4 rings (SSSR count). The molecule has 3 unspecified atom stereocenters. The number of carboxylic acids is 1. The minimum Gasteiger partial charge on any atom is -0.481 e. The van der Waals surface area contributed by atoms with Crippen LogP contribution in [0.2, 0.25) is 0 Å². The normalized spacial score (nSPS) is 29.4. The quantitative estimate of drug-likeness (QED) is 0.864. The van der Waals surface area contributed by atoms with Crippen LogP contribution in [0.3, 0.4) is 0 Å². The van der Waals surface area contributed by atoms with E-state index in [1.807, 2.05) is 12.1 Å². The molecular weight excluding hydrogens is 264 g/mol. The Morgan fingerprint density at radius 2 is 2.33 bits per heavy atom. The standard InChI is InChI=1S/C16H16N2O2.CH4/c1-4-9-11-8-16(2,15(19)20)12(13(9)17-3)14-10(11)6-5-7-18-14;/h4-7,11-12H,1,3,8H2,2H3,(H,19,20);1H4. The second-order valence-corrected chi connectivity index (χ2v) is 5.59. The highest BCUT2D eigenvalue weighted by atomic mass is 16.4. The van der Waals surface area contributed by atoms with E-state index in [0.29, 0.717) is 12.1 Å². The molecule has 4 heteroatoms. The molecule has 0 saturated carbocycles. The highest BCUT2D eigenvalue weighted by Crippen LogP contribution is 2.60. The highest BCUT2D eigenvalue weighted by molar-refractivity contribution is 5.79. The maximum Gasteiger partial charge on any atom is 0.310 e. The van der Waals surface area contributed by atoms with Crippen molar-refractivity contribution in [3.63, 3.8) is 0 Å². The predicted molar refractivity (Wildman–Crippen MR) is 83.6 cm³/mol. The zero-order valence-corrected chi connectivity index (χ0v) is 11.3. The van der Waals surface area contributed by atoms with E-state index >= 15 is 0 Å². The van der Waals surface area contributed by atoms with Crippen LogP contribution in [0, 0.1) is 5.41 Å². The van der Waals surface area contributed by atoms with Crippen LogP contribution in [-0.2, 0) is 4.79 Å². The van der Waals surface area contributed by atoms with Gasteiger partial charge in [0.05, 0.1) is 22.7 Å². The molecule has 0 aromatic carbocycles. The van der Waals surface area contributed by atoms with Crippen molar-refractivity contribution in [2.24, 2.45) is 10.4 Å². The Hall–Kier alpha value is -2.23. The Kier molecular flexibility index (Phi) is 3.58. The Bertz CT molecular complexity index is 663. The van der Waals surface area contributed by atoms with Crippen LogP contribution < -0.4 is 0 Å². The molecule has 0 aliphatic heterocycles. The van der Waals surface area contributed by atoms with Gasteiger partial charge >= 0.3 is 5.97 Å². The van der Waals surface area contributed by atoms with Gasteiger partial charge in [-0.15, -0.1) is 0 Å². The van der Waals surface area contributed by atoms with E-state index in [9.17, 15) is 9.90 Å². The van der Waals surface area contributed by atoms with Crippen LogP contribution in [0.5, 0.6) is 0 Å². The van der Waals surface area contributed by atoms with Crippen LogP contribution in [0.1, 0.15) is 43.9 Å². The van der Waals surface area contributed by atoms with Gasteiger partial charge in [0.2, 0.25) is 0 Å². The first-order chi connectivity index (χ1) is 9.54. The summed E-state index contributed by atoms with van der Waals surface area (Å²) >= 11 is 0. The van der Waals surface area contributed by atoms with Gasteiger partial charge in [0, 0.05) is 12.1 Å². The summed E-state index contributed by atoms with van der Waals surface area (Å²) in [6, 6.07) is 3.91. The van der Waals surface area contributed by atoms with E-state index in [-0.39, 0.29) is 19.3 Å². The van der Waals surface area contributed by atoms with Crippen molar-refractivity contribution in [1.29, 1.82) is 0 Å². The fourth-order valence-corrected chi connectivity index (χ4v) is 3.61. The van der Waals surface area contributed by atoms with Gasteiger partial charge < -0.3 is 5.11 Å². The summed E-state index contributed by atoms with van der Waals surface area (Å²) in [6.45, 7) is 9.25. The van der Waals surface area contributed by atoms with Crippen molar-refractivity contribution >= 4 is 12.7 Å². The number of nitrogens with zero attached hydrogens (tertiary/aromatic N) is 2. The molecule has 3 atom stereocenters. The first kappa shape index (κ1) is 15.2. The summed E-state index contributed by atoms with van der Waals surface area (Å²) in [6.07, 6.45) is 4.03. The number of aliphatic carboxylic acids is 1. The second kappa shape index (κ2) is 4.95. The largest absolute Gasteiger partial charge is 0.481 e. The molecule has 4 nitrogen and oxygen atoms in total. The average Bonchev–Trinajstić information content (AvgIpc) is 2.46. The molecule has 2 bridgehead atoms. The molecule has 3 aliphatic carbocycles. The summed E-state index contributed by atoms with van der Waals surface area (Å²) in [5.74, 6) is -1.18. The van der Waals surface area contributed by atoms with Crippen molar-refractivity contribution in [3.05, 3.63) is 53.5 Å². The van der Waals surface area contributed by atoms with E-state index < -0.39 is 11.4 Å². The molecule has 0 radical (unpaired) electrons. The second-order valence-electron chi connectivity index (χ2n) is 5.59. The van der Waals surface area contributed by atoms with Gasteiger partial charge in [-0.2, -0.15) is 0 Å². The third-order valence-electron chi connectivity index (χ3n) is 4.61. The summed E-state index contributed by atoms with van der Waals surface area (Å²) in [5.41, 5.74) is 2.73. The van der Waals surface area contributed by atoms with Gasteiger partial charge in [-0.05, 0) is 37.3 Å². The minimum atomic E-state index is -0.894. The molecule has 3 aliphatic rings. The number of carbonyl (C=O) groups is 1. The number of hydrogen-bond donors (Lipinski definition) is 1. The SMILES string of the molecule is C.C=CC1=C(N=C)C2c3ncccc3C1CC2(C)C(=O)O. The lowest BCUT2D eigenvalue weighted by molar-refractivity contribution is -0.150. The summed E-state index contributed by atoms with van der Waals surface area (Å²) in [5, 5.41) is 9.68. The lowest BCUT2D eigenvalue weighted by Gasteiger charge is -2.48. The molecule has 110 valence electrons. The lowest BCUT2D eigenvalue weighted by atomic mass is 9.55. The molecule has 0 amide bonds. The van der Waals surface area contributed by atoms with Crippen LogP contribution in [0.4, 0.5) is 0 Å². The number of hydrogen-bond acceptors (Lipinski definition) is 3. The van der Waals surface area contributed by atoms with Gasteiger partial charge in [-0.1, -0.05) is 26.1 Å². The topological polar surface area (TPSA) is 62.5 Å². The first-order valence-corrected chi connectivity index (χ1v) is 6.56. The van der Waals surface area contributed by atoms with E-state index in [4.69, 9.17) is 0 Å². The molecule has 0 spiro atoms. The number of fused-ring (bicyclic) bond motifs is 1. The zero-order chi connectivity index (χ0) is 14.5. The Labute approximate surface area is 124 Å². The van der Waals surface area contributed by atoms with Crippen molar-refractivity contribution in [2.75, 3.05) is 0 Å². The van der Waals surface area contributed by atoms with Crippen LogP contribution in [0.15, 0.2) is 47.2 Å². The summed E-state index contributed by atoms with van der Waals surface area (Å²) < 4.78 is 0. The van der Waals surface area contributed by atoms with Crippen molar-refractivity contribution < 1.29 is 9.90 Å². The average molecular weight is 284 g/mol. The Morgan fingerprint density at radius 1 is 1.62 bits per heavy atom. The number of pyridine rings is 1. The molecule has 0 fully saturated rings. The molecule has 21 heavy (non-hydrogen) atoms. The van der Waals surface area contributed by atoms with E-state index in [1.54, 1.807) is 19.2 Å². The third-order valence-corrected chi connectivity index (χ3v) is 4.61. The van der Waals surface area contributed by atoms with Crippen LogP contribution >= 0.6 is 0 Å². The smallest absolute Gasteiger partial charge is 0.310 e. The molecular formula is C17H20N2O2. The van der Waals surface area contributed by atoms with Crippen molar-refractivity contribution in [3.8, 4) is 0 Å². The lowest BCUT2D eigenvalue weighted by Crippen LogP contribution is -2.45. The fraction of sp³-hybridized carbons (Fsp3) is 0.353. The minimum absolute atomic E-state index is 0. The number of rotatable bonds is 3. The molecule has 1 N–H and O–H groups in total. The predicted octanol–water partition coefficient (Wildman–Crippen LogP) is 3.53. The Morgan fingerprint density at radius 3 is 2.90 bits per heavy atom. The van der Waals surface area contributed by atoms with E-state index in [0.717, 1.165) is 16.8 Å². The Balaban J connectivity index is 0.00000161. The van der Waals surface area contributed by atoms with Gasteiger partial charge in [-0.3, -0.25) is 14.8 Å². The van der Waals surface area contributed by atoms with Crippen LogP contribution in [-0.4, -0.2) is 22.8 Å². The number of aliphatic imine (C=N–C) groups is 1. The maximum atomic E-state index is 11.8. The molecule has 1 aromatic heterocycles. The van der Waals surface area contributed by atoms with Crippen molar-refractivity contribution in [2.45, 2.75) is 32.6 Å². The third kappa shape index (κ3) is 1.78. The van der Waals surface area contributed by atoms with Gasteiger partial charge in [0.1, 0.15) is 0 Å². The highest BCUT2D eigenvalue weighted by Gasteiger charge is 2.55. The molecule has 1 heterocycles. The van der Waals surface area contributed by atoms with Crippen molar-refractivity contribution in [1.82, 2.24) is 4.98 Å².